The van der Waals surface area contributed by atoms with Gasteiger partial charge in [-0.15, -0.1) is 0 Å². The molecule has 3 N–H and O–H groups in total. The van der Waals surface area contributed by atoms with Crippen LogP contribution in [0.1, 0.15) is 56.3 Å². The fraction of sp³-hybridized carbons (Fsp3) is 0.448. The third kappa shape index (κ3) is 10.7. The molecule has 0 aliphatic carbocycles. The van der Waals surface area contributed by atoms with Crippen LogP contribution in [0, 0.1) is 10.1 Å². The Morgan fingerprint density at radius 2 is 1.61 bits per heavy atom. The molecule has 3 heterocycles. The number of nitro benzene ring substituents is 1. The Balaban J connectivity index is 1.30. The normalized spacial score (nSPS) is 25.0. The third-order valence-electron chi connectivity index (χ3n) is 7.66. The van der Waals surface area contributed by atoms with Gasteiger partial charge >= 0.3 is 28.9 Å². The Morgan fingerprint density at radius 3 is 2.27 bits per heavy atom. The van der Waals surface area contributed by atoms with Crippen molar-refractivity contribution < 1.29 is 65.4 Å². The van der Waals surface area contributed by atoms with Crippen molar-refractivity contribution in [3.8, 4) is 5.88 Å². The highest BCUT2D eigenvalue weighted by Crippen LogP contribution is 2.67. The number of hydrogen-bond donors (Lipinski definition) is 3. The summed E-state index contributed by atoms with van der Waals surface area (Å²) in [5.74, 6) is 0.0179. The molecule has 51 heavy (non-hydrogen) atoms. The zero-order valence-corrected chi connectivity index (χ0v) is 29.7. The van der Waals surface area contributed by atoms with Crippen LogP contribution in [0.3, 0.4) is 0 Å². The van der Waals surface area contributed by atoms with Crippen LogP contribution in [0.2, 0.25) is 0 Å². The van der Waals surface area contributed by atoms with E-state index in [2.05, 4.69) is 13.6 Å². The Kier molecular flexibility index (Phi) is 12.8. The molecular weight excluding hydrogens is 739 g/mol. The summed E-state index contributed by atoms with van der Waals surface area (Å²) in [5, 5.41) is 11.1. The van der Waals surface area contributed by atoms with Gasteiger partial charge in [-0.1, -0.05) is 56.5 Å². The lowest BCUT2D eigenvalue weighted by Gasteiger charge is -2.22. The van der Waals surface area contributed by atoms with Crippen LogP contribution in [-0.2, 0) is 47.7 Å². The van der Waals surface area contributed by atoms with Crippen molar-refractivity contribution >= 4 is 28.9 Å². The molecule has 2 saturated heterocycles. The van der Waals surface area contributed by atoms with Crippen molar-refractivity contribution in [2.75, 3.05) is 12.8 Å². The quantitative estimate of drug-likeness (QED) is 0.0655. The maximum Gasteiger partial charge on any atom is 0.488 e. The van der Waals surface area contributed by atoms with E-state index in [-0.39, 0.29) is 24.6 Å². The van der Waals surface area contributed by atoms with Gasteiger partial charge in [-0.25, -0.2) is 18.2 Å². The highest BCUT2D eigenvalue weighted by Gasteiger charge is 2.55. The number of nitrogens with zero attached hydrogens (tertiary/aromatic N) is 3. The molecule has 19 nitrogen and oxygen atoms in total. The lowest BCUT2D eigenvalue weighted by Crippen LogP contribution is -2.34. The first kappa shape index (κ1) is 39.1. The fourth-order valence-corrected chi connectivity index (χ4v) is 9.48. The van der Waals surface area contributed by atoms with Crippen molar-refractivity contribution in [3.05, 3.63) is 98.6 Å². The Morgan fingerprint density at radius 1 is 0.902 bits per heavy atom. The average molecular weight is 776 g/mol. The Labute approximate surface area is 290 Å². The van der Waals surface area contributed by atoms with Crippen LogP contribution < -0.4 is 10.4 Å². The minimum atomic E-state index is -5.59. The van der Waals surface area contributed by atoms with Gasteiger partial charge in [0.15, 0.2) is 12.5 Å². The molecule has 2 aliphatic rings. The number of hydrogen-bond acceptors (Lipinski definition) is 14. The van der Waals surface area contributed by atoms with Crippen LogP contribution in [0.5, 0.6) is 5.88 Å². The second-order valence-corrected chi connectivity index (χ2v) is 16.7. The van der Waals surface area contributed by atoms with E-state index < -0.39 is 77.5 Å². The molecule has 2 fully saturated rings. The molecular formula is C29H36N3O16P3. The molecule has 0 bridgehead atoms. The van der Waals surface area contributed by atoms with Gasteiger partial charge in [-0.2, -0.15) is 9.29 Å². The van der Waals surface area contributed by atoms with E-state index >= 15 is 0 Å². The largest absolute Gasteiger partial charge is 0.488 e. The van der Waals surface area contributed by atoms with Gasteiger partial charge < -0.3 is 33.6 Å². The fourth-order valence-electron chi connectivity index (χ4n) is 5.28. The van der Waals surface area contributed by atoms with Crippen molar-refractivity contribution in [3.63, 3.8) is 0 Å². The van der Waals surface area contributed by atoms with Gasteiger partial charge in [-0.3, -0.25) is 23.8 Å². The molecule has 0 spiro atoms. The molecule has 0 amide bonds. The molecule has 8 atom stereocenters. The van der Waals surface area contributed by atoms with Crippen LogP contribution >= 0.6 is 23.2 Å². The van der Waals surface area contributed by atoms with Crippen molar-refractivity contribution in [1.29, 1.82) is 0 Å². The minimum Gasteiger partial charge on any atom is -0.473 e. The monoisotopic (exact) mass is 775 g/mol. The number of phosphoric acid groups is 2. The van der Waals surface area contributed by atoms with Crippen molar-refractivity contribution in [2.45, 2.75) is 70.0 Å². The van der Waals surface area contributed by atoms with Gasteiger partial charge in [0.2, 0.25) is 5.88 Å². The number of benzene rings is 2. The van der Waals surface area contributed by atoms with Crippen molar-refractivity contribution in [1.82, 2.24) is 9.55 Å². The molecule has 278 valence electrons. The smallest absolute Gasteiger partial charge is 0.473 e. The van der Waals surface area contributed by atoms with Gasteiger partial charge in [0.25, 0.3) is 5.69 Å². The van der Waals surface area contributed by atoms with Gasteiger partial charge in [-0.05, 0) is 24.1 Å². The standard InChI is InChI=1S/C29H36N3O16P3/c1-2-3-4-8-17-49(36,37)47-51(40,41)48-50(38,39)43-19-23-25-26(46-28(45-25)21-11-13-22(14-12-21)32(34)35)27(44-23)31-16-15-24(30-29(31)33)42-18-20-9-6-5-7-10-20/h5-7,9-16,23,25-28H,2-4,8,17-19H2,1H3,(H,36,37)(H,38,39)(H,40,41)/t23-,25?,26+,27-,28?/m1/s1. The second kappa shape index (κ2) is 16.7. The average Bonchev–Trinajstić information content (AvgIpc) is 3.65. The summed E-state index contributed by atoms with van der Waals surface area (Å²) in [7, 11) is -15.7. The predicted octanol–water partition coefficient (Wildman–Crippen LogP) is 5.13. The molecule has 5 rings (SSSR count). The predicted molar refractivity (Wildman–Crippen MR) is 175 cm³/mol. The number of aromatic nitrogens is 2. The van der Waals surface area contributed by atoms with E-state index in [1.807, 2.05) is 37.3 Å². The summed E-state index contributed by atoms with van der Waals surface area (Å²) >= 11 is 0. The first-order valence-electron chi connectivity index (χ1n) is 15.7. The number of nitro groups is 1. The van der Waals surface area contributed by atoms with Crippen LogP contribution in [0.4, 0.5) is 5.69 Å². The number of rotatable bonds is 18. The molecule has 2 aromatic carbocycles. The molecule has 3 aromatic rings. The molecule has 1 aromatic heterocycles. The first-order valence-corrected chi connectivity index (χ1v) is 20.4. The van der Waals surface area contributed by atoms with Gasteiger partial charge in [0, 0.05) is 30.0 Å². The number of phosphoric ester groups is 1. The Bertz CT molecular complexity index is 1860. The van der Waals surface area contributed by atoms with E-state index in [4.69, 9.17) is 23.5 Å². The van der Waals surface area contributed by atoms with Crippen molar-refractivity contribution in [2.24, 2.45) is 0 Å². The molecule has 5 unspecified atom stereocenters. The lowest BCUT2D eigenvalue weighted by atomic mass is 10.1. The van der Waals surface area contributed by atoms with Crippen LogP contribution in [0.25, 0.3) is 0 Å². The number of fused-ring (bicyclic) bond motifs is 1. The topological polar surface area (TPSA) is 255 Å². The van der Waals surface area contributed by atoms with Gasteiger partial charge in [0.1, 0.15) is 24.9 Å². The first-order chi connectivity index (χ1) is 24.2. The summed E-state index contributed by atoms with van der Waals surface area (Å²) in [5.41, 5.74) is 0.200. The van der Waals surface area contributed by atoms with Gasteiger partial charge in [0.05, 0.1) is 17.7 Å². The molecule has 0 saturated carbocycles. The molecule has 22 heteroatoms. The SMILES string of the molecule is CCCCCCP(=O)(O)OP(=O)(O)OP(=O)(O)OC[C@H]1O[C@@H](n2ccc(OCc3ccccc3)nc2=O)[C@H]2OC(c3ccc([N+](=O)[O-])cc3)OC12. The van der Waals surface area contributed by atoms with E-state index in [9.17, 15) is 43.3 Å². The zero-order chi connectivity index (χ0) is 36.8. The van der Waals surface area contributed by atoms with E-state index in [0.717, 1.165) is 23.0 Å². The summed E-state index contributed by atoms with van der Waals surface area (Å²) in [4.78, 5) is 57.8. The third-order valence-corrected chi connectivity index (χ3v) is 12.5. The lowest BCUT2D eigenvalue weighted by molar-refractivity contribution is -0.384. The Hall–Kier alpha value is -3.15. The second-order valence-electron chi connectivity index (χ2n) is 11.5. The minimum absolute atomic E-state index is 0.0179. The maximum absolute atomic E-state index is 13.2. The van der Waals surface area contributed by atoms with E-state index in [1.165, 1.54) is 36.5 Å². The number of unbranched alkanes of at least 4 members (excludes halogenated alkanes) is 3. The number of ether oxygens (including phenoxy) is 4. The number of non-ortho nitro benzene ring substituents is 1. The molecule has 2 aliphatic heterocycles. The van der Waals surface area contributed by atoms with Crippen LogP contribution in [0.15, 0.2) is 71.7 Å². The van der Waals surface area contributed by atoms with E-state index in [0.29, 0.717) is 12.0 Å². The summed E-state index contributed by atoms with van der Waals surface area (Å²) in [6, 6.07) is 15.8. The van der Waals surface area contributed by atoms with E-state index in [1.54, 1.807) is 0 Å². The zero-order valence-electron chi connectivity index (χ0n) is 27.0. The highest BCUT2D eigenvalue weighted by molar-refractivity contribution is 7.68. The summed E-state index contributed by atoms with van der Waals surface area (Å²) < 4.78 is 75.6. The molecule has 0 radical (unpaired) electrons. The maximum atomic E-state index is 13.2. The highest BCUT2D eigenvalue weighted by atomic mass is 31.3. The van der Waals surface area contributed by atoms with Crippen LogP contribution in [-0.4, -0.2) is 60.2 Å². The summed E-state index contributed by atoms with van der Waals surface area (Å²) in [6.07, 6.45) is -2.67. The summed E-state index contributed by atoms with van der Waals surface area (Å²) in [6.45, 7) is 1.22.